The fraction of sp³-hybridized carbons (Fsp3) is 0.676. The predicted molar refractivity (Wildman–Crippen MR) is 179 cm³/mol. The molecule has 0 aliphatic carbocycles. The maximum atomic E-state index is 3.65. The van der Waals surface area contributed by atoms with Crippen LogP contribution in [0.3, 0.4) is 0 Å². The Morgan fingerprint density at radius 2 is 0.683 bits per heavy atom. The molecule has 4 heteroatoms. The van der Waals surface area contributed by atoms with Crippen LogP contribution < -0.4 is 10.6 Å². The Morgan fingerprint density at radius 1 is 0.390 bits per heavy atom. The molecule has 41 heavy (non-hydrogen) atoms. The van der Waals surface area contributed by atoms with Crippen molar-refractivity contribution in [2.24, 2.45) is 0 Å². The summed E-state index contributed by atoms with van der Waals surface area (Å²) in [5, 5.41) is 7.29. The van der Waals surface area contributed by atoms with Crippen molar-refractivity contribution in [2.45, 2.75) is 109 Å². The summed E-state index contributed by atoms with van der Waals surface area (Å²) in [7, 11) is 4.62. The van der Waals surface area contributed by atoms with Gasteiger partial charge in [0, 0.05) is 13.1 Å². The Labute approximate surface area is 253 Å². The molecule has 0 amide bonds. The average molecular weight is 563 g/mol. The molecule has 0 saturated carbocycles. The second-order valence-corrected chi connectivity index (χ2v) is 12.7. The summed E-state index contributed by atoms with van der Waals surface area (Å²) in [5.41, 5.74) is 5.56. The number of rotatable bonds is 0. The van der Waals surface area contributed by atoms with E-state index in [1.165, 1.54) is 138 Å². The monoisotopic (exact) mass is 562 g/mol. The van der Waals surface area contributed by atoms with E-state index >= 15 is 0 Å². The van der Waals surface area contributed by atoms with Gasteiger partial charge in [-0.05, 0) is 121 Å². The summed E-state index contributed by atoms with van der Waals surface area (Å²) in [6.45, 7) is 9.24. The molecule has 230 valence electrons. The molecule has 0 atom stereocenters. The summed E-state index contributed by atoms with van der Waals surface area (Å²) in [4.78, 5) is 5.10. The van der Waals surface area contributed by atoms with Crippen LogP contribution in [-0.2, 0) is 19.5 Å². The van der Waals surface area contributed by atoms with Gasteiger partial charge in [-0.2, -0.15) is 0 Å². The lowest BCUT2D eigenvalue weighted by Gasteiger charge is -2.17. The van der Waals surface area contributed by atoms with Gasteiger partial charge in [0.25, 0.3) is 0 Å². The Hall–Kier alpha value is -1.72. The van der Waals surface area contributed by atoms with Gasteiger partial charge < -0.3 is 20.4 Å². The Bertz CT molecular complexity index is 805. The van der Waals surface area contributed by atoms with Gasteiger partial charge in [0.1, 0.15) is 0 Å². The van der Waals surface area contributed by atoms with Crippen LogP contribution in [0.4, 0.5) is 0 Å². The van der Waals surface area contributed by atoms with Crippen LogP contribution >= 0.6 is 0 Å². The van der Waals surface area contributed by atoms with Crippen molar-refractivity contribution < 1.29 is 0 Å². The highest BCUT2D eigenvalue weighted by atomic mass is 15.1. The molecule has 2 aromatic carbocycles. The number of fused-ring (bicyclic) bond motifs is 2. The van der Waals surface area contributed by atoms with Crippen LogP contribution in [0.1, 0.15) is 112 Å². The van der Waals surface area contributed by atoms with E-state index in [1.54, 1.807) is 0 Å². The van der Waals surface area contributed by atoms with Crippen molar-refractivity contribution in [3.8, 4) is 0 Å². The number of nitrogens with zero attached hydrogens (tertiary/aromatic N) is 2. The molecule has 3 aliphatic heterocycles. The standard InChI is InChI=1S/C37H62N4/c1-40-27-13-7-3-4-8-14-28-41(2)30-16-10-6-12-26-39-33-37-23-19-35(20-24-37)31-34-17-21-36(22-18-34)32-38-25-11-5-9-15-29-40/h17-24,38-39H,3-16,25-33H2,1-2H3. The lowest BCUT2D eigenvalue weighted by molar-refractivity contribution is 0.308. The van der Waals surface area contributed by atoms with Gasteiger partial charge >= 0.3 is 0 Å². The van der Waals surface area contributed by atoms with Crippen LogP contribution in [0.25, 0.3) is 0 Å². The number of benzene rings is 2. The van der Waals surface area contributed by atoms with E-state index in [0.717, 1.165) is 32.6 Å². The third-order valence-electron chi connectivity index (χ3n) is 8.73. The first-order chi connectivity index (χ1) is 20.2. The zero-order chi connectivity index (χ0) is 28.8. The SMILES string of the molecule is CN1CCCCCCCCN(C)CCCCCCNCc2ccc(cc2)Cc2ccc(cc2)CNCCCCCC1. The van der Waals surface area contributed by atoms with Crippen LogP contribution in [-0.4, -0.2) is 63.2 Å². The molecule has 5 rings (SSSR count). The number of nitrogens with one attached hydrogen (secondary N) is 2. The molecular formula is C37H62N4. The first-order valence-electron chi connectivity index (χ1n) is 17.1. The van der Waals surface area contributed by atoms with E-state index in [1.807, 2.05) is 0 Å². The predicted octanol–water partition coefficient (Wildman–Crippen LogP) is 7.80. The van der Waals surface area contributed by atoms with Crippen molar-refractivity contribution in [2.75, 3.05) is 53.4 Å². The fourth-order valence-electron chi connectivity index (χ4n) is 5.92. The molecule has 4 nitrogen and oxygen atoms in total. The van der Waals surface area contributed by atoms with E-state index in [0.29, 0.717) is 0 Å². The summed E-state index contributed by atoms with van der Waals surface area (Å²) >= 11 is 0. The maximum Gasteiger partial charge on any atom is 0.0205 e. The van der Waals surface area contributed by atoms with Gasteiger partial charge in [-0.25, -0.2) is 0 Å². The van der Waals surface area contributed by atoms with Gasteiger partial charge in [0.2, 0.25) is 0 Å². The van der Waals surface area contributed by atoms with E-state index in [2.05, 4.69) is 83.1 Å². The highest BCUT2D eigenvalue weighted by molar-refractivity contribution is 5.30. The molecule has 4 bridgehead atoms. The van der Waals surface area contributed by atoms with E-state index in [9.17, 15) is 0 Å². The lowest BCUT2D eigenvalue weighted by atomic mass is 10.0. The largest absolute Gasteiger partial charge is 0.313 e. The third-order valence-corrected chi connectivity index (χ3v) is 8.73. The van der Waals surface area contributed by atoms with Gasteiger partial charge in [-0.15, -0.1) is 0 Å². The molecule has 0 radical (unpaired) electrons. The molecule has 3 heterocycles. The number of hydrogen-bond donors (Lipinski definition) is 2. The van der Waals surface area contributed by atoms with E-state index < -0.39 is 0 Å². The second kappa shape index (κ2) is 21.9. The Balaban J connectivity index is 1.38. The highest BCUT2D eigenvalue weighted by Gasteiger charge is 2.03. The summed E-state index contributed by atoms with van der Waals surface area (Å²) < 4.78 is 0. The minimum absolute atomic E-state index is 0.974. The van der Waals surface area contributed by atoms with E-state index in [-0.39, 0.29) is 0 Å². The zero-order valence-electron chi connectivity index (χ0n) is 26.8. The Kier molecular flexibility index (Phi) is 18.0. The van der Waals surface area contributed by atoms with Crippen molar-refractivity contribution >= 4 is 0 Å². The lowest BCUT2D eigenvalue weighted by Crippen LogP contribution is -2.21. The van der Waals surface area contributed by atoms with Gasteiger partial charge in [-0.1, -0.05) is 99.9 Å². The smallest absolute Gasteiger partial charge is 0.0205 e. The first kappa shape index (κ1) is 33.8. The van der Waals surface area contributed by atoms with E-state index in [4.69, 9.17) is 0 Å². The summed E-state index contributed by atoms with van der Waals surface area (Å²) in [5.74, 6) is 0. The molecule has 0 fully saturated rings. The van der Waals surface area contributed by atoms with Crippen molar-refractivity contribution in [3.63, 3.8) is 0 Å². The van der Waals surface area contributed by atoms with Crippen LogP contribution in [0.15, 0.2) is 48.5 Å². The van der Waals surface area contributed by atoms with Crippen LogP contribution in [0.2, 0.25) is 0 Å². The van der Waals surface area contributed by atoms with Crippen molar-refractivity contribution in [1.29, 1.82) is 0 Å². The van der Waals surface area contributed by atoms with Crippen LogP contribution in [0.5, 0.6) is 0 Å². The van der Waals surface area contributed by atoms with Gasteiger partial charge in [0.15, 0.2) is 0 Å². The normalized spacial score (nSPS) is 20.7. The summed E-state index contributed by atoms with van der Waals surface area (Å²) in [6, 6.07) is 18.4. The van der Waals surface area contributed by atoms with Crippen LogP contribution in [0, 0.1) is 0 Å². The molecular weight excluding hydrogens is 500 g/mol. The molecule has 0 saturated heterocycles. The zero-order valence-corrected chi connectivity index (χ0v) is 26.8. The highest BCUT2D eigenvalue weighted by Crippen LogP contribution is 2.13. The molecule has 0 spiro atoms. The minimum Gasteiger partial charge on any atom is -0.313 e. The number of hydrogen-bond acceptors (Lipinski definition) is 4. The van der Waals surface area contributed by atoms with Crippen molar-refractivity contribution in [3.05, 3.63) is 70.8 Å². The molecule has 0 unspecified atom stereocenters. The first-order valence-corrected chi connectivity index (χ1v) is 17.1. The topological polar surface area (TPSA) is 30.5 Å². The summed E-state index contributed by atoms with van der Waals surface area (Å²) in [6.07, 6.45) is 20.0. The second-order valence-electron chi connectivity index (χ2n) is 12.7. The molecule has 3 aliphatic rings. The average Bonchev–Trinajstić information content (AvgIpc) is 2.98. The molecule has 0 aromatic heterocycles. The Morgan fingerprint density at radius 3 is 1.05 bits per heavy atom. The van der Waals surface area contributed by atoms with Crippen molar-refractivity contribution in [1.82, 2.24) is 20.4 Å². The molecule has 2 N–H and O–H groups in total. The third kappa shape index (κ3) is 16.5. The quantitative estimate of drug-likeness (QED) is 0.343. The molecule has 2 aromatic rings. The van der Waals surface area contributed by atoms with Gasteiger partial charge in [0.05, 0.1) is 0 Å². The van der Waals surface area contributed by atoms with Gasteiger partial charge in [-0.3, -0.25) is 0 Å². The maximum absolute atomic E-state index is 3.65. The minimum atomic E-state index is 0.974. The fourth-order valence-corrected chi connectivity index (χ4v) is 5.92.